The number of aromatic nitrogens is 2. The predicted molar refractivity (Wildman–Crippen MR) is 156 cm³/mol. The minimum atomic E-state index is 0.850. The SMILES string of the molecule is Cc1ccnc(-n2c3ccccc3c3ccc(Sc4cccc(N5CN(C)c6ccccc65)c4)cc32)c1. The van der Waals surface area contributed by atoms with Gasteiger partial charge in [0.2, 0.25) is 0 Å². The molecule has 1 aliphatic rings. The molecule has 0 saturated carbocycles. The van der Waals surface area contributed by atoms with E-state index in [1.54, 1.807) is 11.8 Å². The lowest BCUT2D eigenvalue weighted by atomic mass is 10.2. The molecule has 0 radical (unpaired) electrons. The van der Waals surface area contributed by atoms with E-state index in [0.29, 0.717) is 0 Å². The molecule has 5 heteroatoms. The van der Waals surface area contributed by atoms with Crippen LogP contribution in [-0.2, 0) is 0 Å². The minimum absolute atomic E-state index is 0.850. The Morgan fingerprint density at radius 2 is 1.49 bits per heavy atom. The third-order valence-corrected chi connectivity index (χ3v) is 8.06. The summed E-state index contributed by atoms with van der Waals surface area (Å²) in [7, 11) is 2.15. The first kappa shape index (κ1) is 22.0. The van der Waals surface area contributed by atoms with Gasteiger partial charge in [-0.3, -0.25) is 4.57 Å². The van der Waals surface area contributed by atoms with Gasteiger partial charge in [0.05, 0.1) is 29.1 Å². The second-order valence-electron chi connectivity index (χ2n) is 9.58. The van der Waals surface area contributed by atoms with E-state index in [1.807, 2.05) is 12.3 Å². The standard InChI is InChI=1S/C32H26N4S/c1-22-16-17-33-32(18-22)36-28-11-4-3-10-26(28)27-15-14-25(20-31(27)36)37-24-9-7-8-23(19-24)35-21-34(2)29-12-5-6-13-30(29)35/h3-20H,21H2,1-2H3. The van der Waals surface area contributed by atoms with Crippen LogP contribution in [0.15, 0.2) is 119 Å². The van der Waals surface area contributed by atoms with E-state index >= 15 is 0 Å². The van der Waals surface area contributed by atoms with Crippen molar-refractivity contribution in [2.75, 3.05) is 23.5 Å². The van der Waals surface area contributed by atoms with Gasteiger partial charge in [-0.1, -0.05) is 54.2 Å². The summed E-state index contributed by atoms with van der Waals surface area (Å²) in [6.45, 7) is 2.97. The Hall–Kier alpha value is -4.22. The van der Waals surface area contributed by atoms with Crippen LogP contribution in [0, 0.1) is 6.92 Å². The molecule has 4 aromatic carbocycles. The maximum Gasteiger partial charge on any atom is 0.137 e. The summed E-state index contributed by atoms with van der Waals surface area (Å²) >= 11 is 1.80. The van der Waals surface area contributed by atoms with Gasteiger partial charge in [0, 0.05) is 39.5 Å². The number of aryl methyl sites for hydroxylation is 1. The number of benzene rings is 4. The number of hydrogen-bond acceptors (Lipinski definition) is 4. The van der Waals surface area contributed by atoms with Crippen LogP contribution in [0.4, 0.5) is 17.1 Å². The Morgan fingerprint density at radius 3 is 2.38 bits per heavy atom. The molecule has 0 aliphatic carbocycles. The number of fused-ring (bicyclic) bond motifs is 4. The molecule has 0 fully saturated rings. The van der Waals surface area contributed by atoms with Crippen LogP contribution in [0.1, 0.15) is 5.56 Å². The van der Waals surface area contributed by atoms with E-state index in [0.717, 1.165) is 12.5 Å². The molecule has 2 aromatic heterocycles. The average Bonchev–Trinajstić information content (AvgIpc) is 3.43. The van der Waals surface area contributed by atoms with Crippen molar-refractivity contribution >= 4 is 50.6 Å². The van der Waals surface area contributed by atoms with E-state index in [1.165, 1.54) is 54.2 Å². The molecule has 1 aliphatic heterocycles. The zero-order valence-corrected chi connectivity index (χ0v) is 21.6. The van der Waals surface area contributed by atoms with Crippen molar-refractivity contribution in [3.8, 4) is 5.82 Å². The van der Waals surface area contributed by atoms with Gasteiger partial charge >= 0.3 is 0 Å². The molecule has 180 valence electrons. The fourth-order valence-corrected chi connectivity index (χ4v) is 6.26. The molecule has 0 spiro atoms. The minimum Gasteiger partial charge on any atom is -0.355 e. The molecular formula is C32H26N4S. The summed E-state index contributed by atoms with van der Waals surface area (Å²) in [6, 6.07) is 37.0. The number of para-hydroxylation sites is 3. The first-order chi connectivity index (χ1) is 18.2. The predicted octanol–water partition coefficient (Wildman–Crippen LogP) is 8.18. The van der Waals surface area contributed by atoms with E-state index in [9.17, 15) is 0 Å². The highest BCUT2D eigenvalue weighted by Crippen LogP contribution is 2.41. The largest absolute Gasteiger partial charge is 0.355 e. The number of nitrogens with zero attached hydrogens (tertiary/aromatic N) is 4. The van der Waals surface area contributed by atoms with Gasteiger partial charge in [-0.15, -0.1) is 0 Å². The summed E-state index contributed by atoms with van der Waals surface area (Å²) in [6.07, 6.45) is 1.89. The summed E-state index contributed by atoms with van der Waals surface area (Å²) in [5.74, 6) is 0.951. The van der Waals surface area contributed by atoms with Crippen LogP contribution in [0.25, 0.3) is 27.6 Å². The molecule has 4 nitrogen and oxygen atoms in total. The van der Waals surface area contributed by atoms with E-state index in [-0.39, 0.29) is 0 Å². The van der Waals surface area contributed by atoms with Crippen LogP contribution in [-0.4, -0.2) is 23.3 Å². The summed E-state index contributed by atoms with van der Waals surface area (Å²) in [5.41, 5.74) is 7.29. The molecular weight excluding hydrogens is 472 g/mol. The highest BCUT2D eigenvalue weighted by molar-refractivity contribution is 7.99. The second kappa shape index (κ2) is 8.71. The Kier molecular flexibility index (Phi) is 5.18. The monoisotopic (exact) mass is 498 g/mol. The maximum atomic E-state index is 4.72. The summed E-state index contributed by atoms with van der Waals surface area (Å²) in [5, 5.41) is 2.49. The zero-order chi connectivity index (χ0) is 24.9. The molecule has 37 heavy (non-hydrogen) atoms. The molecule has 6 aromatic rings. The van der Waals surface area contributed by atoms with Gasteiger partial charge in [0.1, 0.15) is 5.82 Å². The van der Waals surface area contributed by atoms with Crippen LogP contribution < -0.4 is 9.80 Å². The summed E-state index contributed by atoms with van der Waals surface area (Å²) in [4.78, 5) is 11.8. The highest BCUT2D eigenvalue weighted by Gasteiger charge is 2.24. The zero-order valence-electron chi connectivity index (χ0n) is 20.8. The molecule has 7 rings (SSSR count). The molecule has 0 saturated heterocycles. The Balaban J connectivity index is 1.29. The van der Waals surface area contributed by atoms with E-state index in [2.05, 4.69) is 125 Å². The van der Waals surface area contributed by atoms with E-state index in [4.69, 9.17) is 4.98 Å². The van der Waals surface area contributed by atoms with Gasteiger partial charge in [0.25, 0.3) is 0 Å². The van der Waals surface area contributed by atoms with E-state index < -0.39 is 0 Å². The lowest BCUT2D eigenvalue weighted by Gasteiger charge is -2.20. The Labute approximate surface area is 220 Å². The smallest absolute Gasteiger partial charge is 0.137 e. The third kappa shape index (κ3) is 3.74. The number of anilines is 3. The second-order valence-corrected chi connectivity index (χ2v) is 10.7. The number of rotatable bonds is 4. The van der Waals surface area contributed by atoms with Crippen LogP contribution >= 0.6 is 11.8 Å². The maximum absolute atomic E-state index is 4.72. The molecule has 3 heterocycles. The van der Waals surface area contributed by atoms with Crippen LogP contribution in [0.2, 0.25) is 0 Å². The number of hydrogen-bond donors (Lipinski definition) is 0. The Bertz CT molecular complexity index is 1790. The first-order valence-corrected chi connectivity index (χ1v) is 13.3. The van der Waals surface area contributed by atoms with Gasteiger partial charge in [-0.25, -0.2) is 4.98 Å². The molecule has 0 amide bonds. The van der Waals surface area contributed by atoms with Crippen molar-refractivity contribution in [3.05, 3.63) is 115 Å². The first-order valence-electron chi connectivity index (χ1n) is 12.5. The molecule has 0 unspecified atom stereocenters. The number of pyridine rings is 1. The van der Waals surface area contributed by atoms with Crippen LogP contribution in [0.5, 0.6) is 0 Å². The third-order valence-electron chi connectivity index (χ3n) is 7.08. The normalized spacial score (nSPS) is 13.0. The van der Waals surface area contributed by atoms with Crippen molar-refractivity contribution in [3.63, 3.8) is 0 Å². The van der Waals surface area contributed by atoms with Crippen LogP contribution in [0.3, 0.4) is 0 Å². The lowest BCUT2D eigenvalue weighted by Crippen LogP contribution is -2.23. The average molecular weight is 499 g/mol. The van der Waals surface area contributed by atoms with Gasteiger partial charge < -0.3 is 9.80 Å². The quantitative estimate of drug-likeness (QED) is 0.245. The van der Waals surface area contributed by atoms with Crippen molar-refractivity contribution in [1.82, 2.24) is 9.55 Å². The topological polar surface area (TPSA) is 24.3 Å². The molecule has 0 bridgehead atoms. The van der Waals surface area contributed by atoms with Gasteiger partial charge in [0.15, 0.2) is 0 Å². The summed E-state index contributed by atoms with van der Waals surface area (Å²) < 4.78 is 2.29. The van der Waals surface area contributed by atoms with Gasteiger partial charge in [-0.2, -0.15) is 0 Å². The lowest BCUT2D eigenvalue weighted by molar-refractivity contribution is 0.948. The fraction of sp³-hybridized carbons (Fsp3) is 0.0938. The van der Waals surface area contributed by atoms with Gasteiger partial charge in [-0.05, 0) is 73.2 Å². The van der Waals surface area contributed by atoms with Crippen molar-refractivity contribution in [1.29, 1.82) is 0 Å². The van der Waals surface area contributed by atoms with Crippen molar-refractivity contribution in [2.45, 2.75) is 16.7 Å². The molecule has 0 N–H and O–H groups in total. The fourth-order valence-electron chi connectivity index (χ4n) is 5.35. The Morgan fingerprint density at radius 1 is 0.703 bits per heavy atom. The molecule has 0 atom stereocenters. The van der Waals surface area contributed by atoms with Crippen molar-refractivity contribution in [2.24, 2.45) is 0 Å². The highest BCUT2D eigenvalue weighted by atomic mass is 32.2. The van der Waals surface area contributed by atoms with Crippen molar-refractivity contribution < 1.29 is 0 Å².